The van der Waals surface area contributed by atoms with Gasteiger partial charge in [0, 0.05) is 25.7 Å². The molecule has 1 aromatic rings. The second kappa shape index (κ2) is 8.15. The molecule has 0 radical (unpaired) electrons. The van der Waals surface area contributed by atoms with E-state index in [0.717, 1.165) is 31.2 Å². The molecule has 4 nitrogen and oxygen atoms in total. The van der Waals surface area contributed by atoms with Crippen molar-refractivity contribution < 1.29 is 14.6 Å². The number of aliphatic hydroxyl groups excluding tert-OH is 1. The predicted molar refractivity (Wildman–Crippen MR) is 81.8 cm³/mol. The quantitative estimate of drug-likeness (QED) is 0.819. The van der Waals surface area contributed by atoms with Crippen LogP contribution in [-0.4, -0.2) is 30.8 Å². The molecule has 4 heteroatoms. The third kappa shape index (κ3) is 4.29. The Labute approximate surface area is 126 Å². The zero-order valence-corrected chi connectivity index (χ0v) is 12.6. The third-order valence-electron chi connectivity index (χ3n) is 4.30. The smallest absolute Gasteiger partial charge is 0.253 e. The van der Waals surface area contributed by atoms with Gasteiger partial charge in [-0.2, -0.15) is 0 Å². The van der Waals surface area contributed by atoms with Crippen LogP contribution in [0.3, 0.4) is 0 Å². The molecule has 1 aliphatic carbocycles. The van der Waals surface area contributed by atoms with Crippen LogP contribution in [0.25, 0.3) is 0 Å². The van der Waals surface area contributed by atoms with Crippen molar-refractivity contribution >= 4 is 5.91 Å². The van der Waals surface area contributed by atoms with E-state index in [4.69, 9.17) is 4.74 Å². The second-order valence-corrected chi connectivity index (χ2v) is 5.72. The van der Waals surface area contributed by atoms with Crippen LogP contribution in [0.5, 0.6) is 0 Å². The molecule has 1 aliphatic rings. The molecular weight excluding hydrogens is 266 g/mol. The average Bonchev–Trinajstić information content (AvgIpc) is 2.74. The monoisotopic (exact) mass is 291 g/mol. The van der Waals surface area contributed by atoms with Gasteiger partial charge >= 0.3 is 0 Å². The first-order valence-electron chi connectivity index (χ1n) is 7.75. The number of hydrogen-bond acceptors (Lipinski definition) is 3. The first-order valence-corrected chi connectivity index (χ1v) is 7.75. The van der Waals surface area contributed by atoms with Gasteiger partial charge in [0.15, 0.2) is 6.10 Å². The first kappa shape index (κ1) is 16.0. The Balaban J connectivity index is 2.04. The maximum atomic E-state index is 12.5. The molecule has 0 aliphatic heterocycles. The minimum atomic E-state index is -0.589. The number of carbonyl (C=O) groups excluding carboxylic acids is 1. The van der Waals surface area contributed by atoms with Gasteiger partial charge in [-0.1, -0.05) is 49.6 Å². The van der Waals surface area contributed by atoms with Gasteiger partial charge in [-0.15, -0.1) is 0 Å². The Hall–Kier alpha value is -1.39. The van der Waals surface area contributed by atoms with E-state index >= 15 is 0 Å². The zero-order chi connectivity index (χ0) is 15.1. The molecule has 21 heavy (non-hydrogen) atoms. The molecule has 1 aromatic carbocycles. The van der Waals surface area contributed by atoms with Crippen molar-refractivity contribution in [1.82, 2.24) is 5.32 Å². The normalized spacial score (nSPS) is 24.1. The Morgan fingerprint density at radius 1 is 1.29 bits per heavy atom. The van der Waals surface area contributed by atoms with Gasteiger partial charge in [0.1, 0.15) is 0 Å². The molecule has 0 unspecified atom stereocenters. The van der Waals surface area contributed by atoms with Crippen LogP contribution in [0, 0.1) is 5.92 Å². The minimum Gasteiger partial charge on any atom is -0.396 e. The van der Waals surface area contributed by atoms with Crippen molar-refractivity contribution in [3.8, 4) is 0 Å². The summed E-state index contributed by atoms with van der Waals surface area (Å²) in [5, 5.41) is 12.6. The van der Waals surface area contributed by atoms with Crippen molar-refractivity contribution in [2.75, 3.05) is 13.7 Å². The fourth-order valence-electron chi connectivity index (χ4n) is 3.07. The predicted octanol–water partition coefficient (Wildman–Crippen LogP) is 2.43. The maximum Gasteiger partial charge on any atom is 0.253 e. The number of methoxy groups -OCH3 is 1. The number of benzene rings is 1. The van der Waals surface area contributed by atoms with Crippen molar-refractivity contribution in [2.24, 2.45) is 5.92 Å². The van der Waals surface area contributed by atoms with E-state index in [9.17, 15) is 9.90 Å². The fraction of sp³-hybridized carbons (Fsp3) is 0.588. The van der Waals surface area contributed by atoms with E-state index in [2.05, 4.69) is 5.32 Å². The van der Waals surface area contributed by atoms with Crippen LogP contribution >= 0.6 is 0 Å². The highest BCUT2D eigenvalue weighted by Crippen LogP contribution is 2.24. The number of rotatable bonds is 5. The molecule has 1 fully saturated rings. The van der Waals surface area contributed by atoms with Gasteiger partial charge < -0.3 is 15.2 Å². The van der Waals surface area contributed by atoms with Gasteiger partial charge in [-0.25, -0.2) is 0 Å². The summed E-state index contributed by atoms with van der Waals surface area (Å²) in [5.41, 5.74) is 0.853. The number of carbonyl (C=O) groups is 1. The topological polar surface area (TPSA) is 58.6 Å². The van der Waals surface area contributed by atoms with Gasteiger partial charge in [-0.3, -0.25) is 4.79 Å². The van der Waals surface area contributed by atoms with E-state index in [1.165, 1.54) is 6.42 Å². The van der Waals surface area contributed by atoms with Gasteiger partial charge in [0.25, 0.3) is 5.91 Å². The van der Waals surface area contributed by atoms with Crippen molar-refractivity contribution in [2.45, 2.75) is 44.2 Å². The van der Waals surface area contributed by atoms with Gasteiger partial charge in [0.05, 0.1) is 0 Å². The van der Waals surface area contributed by atoms with E-state index in [1.54, 1.807) is 7.11 Å². The molecule has 2 N–H and O–H groups in total. The molecule has 0 bridgehead atoms. The molecule has 0 aromatic heterocycles. The van der Waals surface area contributed by atoms with E-state index in [0.29, 0.717) is 0 Å². The molecule has 1 amide bonds. The third-order valence-corrected chi connectivity index (χ3v) is 4.30. The molecule has 1 saturated carbocycles. The van der Waals surface area contributed by atoms with E-state index < -0.39 is 6.10 Å². The van der Waals surface area contributed by atoms with Crippen LogP contribution in [0.4, 0.5) is 0 Å². The zero-order valence-electron chi connectivity index (χ0n) is 12.6. The number of nitrogens with one attached hydrogen (secondary N) is 1. The van der Waals surface area contributed by atoms with Crippen LogP contribution in [0.2, 0.25) is 0 Å². The Morgan fingerprint density at radius 3 is 2.67 bits per heavy atom. The SMILES string of the molecule is CO[C@@H](C(=O)N[C@@H]1CCCCC[C@H]1CO)c1ccccc1. The highest BCUT2D eigenvalue weighted by molar-refractivity contribution is 5.82. The summed E-state index contributed by atoms with van der Waals surface area (Å²) in [6.45, 7) is 0.133. The lowest BCUT2D eigenvalue weighted by Crippen LogP contribution is -2.43. The molecule has 116 valence electrons. The summed E-state index contributed by atoms with van der Waals surface area (Å²) in [6.07, 6.45) is 4.73. The Bertz CT molecular complexity index is 435. The summed E-state index contributed by atoms with van der Waals surface area (Å²) < 4.78 is 5.37. The second-order valence-electron chi connectivity index (χ2n) is 5.72. The number of hydrogen-bond donors (Lipinski definition) is 2. The molecule has 0 saturated heterocycles. The van der Waals surface area contributed by atoms with E-state index in [-0.39, 0.29) is 24.5 Å². The highest BCUT2D eigenvalue weighted by Gasteiger charge is 2.28. The lowest BCUT2D eigenvalue weighted by atomic mass is 9.95. The van der Waals surface area contributed by atoms with Gasteiger partial charge in [0.2, 0.25) is 0 Å². The maximum absolute atomic E-state index is 12.5. The Kier molecular flexibility index (Phi) is 6.21. The van der Waals surface area contributed by atoms with Crippen LogP contribution < -0.4 is 5.32 Å². The van der Waals surface area contributed by atoms with Crippen molar-refractivity contribution in [1.29, 1.82) is 0 Å². The fourth-order valence-corrected chi connectivity index (χ4v) is 3.07. The molecule has 0 heterocycles. The van der Waals surface area contributed by atoms with Gasteiger partial charge in [-0.05, 0) is 18.4 Å². The Morgan fingerprint density at radius 2 is 2.00 bits per heavy atom. The number of aliphatic hydroxyl groups is 1. The lowest BCUT2D eigenvalue weighted by Gasteiger charge is -2.26. The summed E-state index contributed by atoms with van der Waals surface area (Å²) in [6, 6.07) is 9.55. The molecule has 0 spiro atoms. The first-order chi connectivity index (χ1) is 10.3. The molecular formula is C17H25NO3. The van der Waals surface area contributed by atoms with Crippen LogP contribution in [0.1, 0.15) is 43.8 Å². The summed E-state index contributed by atoms with van der Waals surface area (Å²) >= 11 is 0. The highest BCUT2D eigenvalue weighted by atomic mass is 16.5. The largest absolute Gasteiger partial charge is 0.396 e. The average molecular weight is 291 g/mol. The standard InChI is InChI=1S/C17H25NO3/c1-21-16(13-8-4-2-5-9-13)17(20)18-15-11-7-3-6-10-14(15)12-19/h2,4-5,8-9,14-16,19H,3,6-7,10-12H2,1H3,(H,18,20)/t14-,15+,16+/m0/s1. The van der Waals surface area contributed by atoms with E-state index in [1.807, 2.05) is 30.3 Å². The number of ether oxygens (including phenoxy) is 1. The van der Waals surface area contributed by atoms with Crippen LogP contribution in [-0.2, 0) is 9.53 Å². The molecule has 2 rings (SSSR count). The lowest BCUT2D eigenvalue weighted by molar-refractivity contribution is -0.132. The van der Waals surface area contributed by atoms with Crippen LogP contribution in [0.15, 0.2) is 30.3 Å². The van der Waals surface area contributed by atoms with Crippen molar-refractivity contribution in [3.05, 3.63) is 35.9 Å². The summed E-state index contributed by atoms with van der Waals surface area (Å²) in [5.74, 6) is 0.0405. The number of amides is 1. The van der Waals surface area contributed by atoms with Crippen molar-refractivity contribution in [3.63, 3.8) is 0 Å². The summed E-state index contributed by atoms with van der Waals surface area (Å²) in [7, 11) is 1.55. The summed E-state index contributed by atoms with van der Waals surface area (Å²) in [4.78, 5) is 12.5. The molecule has 3 atom stereocenters. The minimum absolute atomic E-state index is 0.0476.